The highest BCUT2D eigenvalue weighted by Gasteiger charge is 2.26. The van der Waals surface area contributed by atoms with Gasteiger partial charge in [0.25, 0.3) is 5.91 Å². The van der Waals surface area contributed by atoms with Gasteiger partial charge >= 0.3 is 0 Å². The maximum Gasteiger partial charge on any atom is 0.253 e. The number of hydrogen-bond donors (Lipinski definition) is 1. The number of fused-ring (bicyclic) bond motifs is 1. The standard InChI is InChI=1S/C16H22N2O4S/c1-11-9-13-10-12(3-4-15(13)22-11)16(19)18-7-5-14(6-8-18)17-23(2,20)21/h3-4,10-11,14,17H,5-9H2,1-2H3. The quantitative estimate of drug-likeness (QED) is 0.897. The number of carbonyl (C=O) groups is 1. The molecule has 1 N–H and O–H groups in total. The maximum absolute atomic E-state index is 12.6. The molecule has 1 atom stereocenters. The van der Waals surface area contributed by atoms with Crippen molar-refractivity contribution >= 4 is 15.9 Å². The summed E-state index contributed by atoms with van der Waals surface area (Å²) in [6, 6.07) is 5.51. The fourth-order valence-corrected chi connectivity index (χ4v) is 4.08. The summed E-state index contributed by atoms with van der Waals surface area (Å²) >= 11 is 0. The molecule has 7 heteroatoms. The van der Waals surface area contributed by atoms with Crippen molar-refractivity contribution in [2.75, 3.05) is 19.3 Å². The van der Waals surface area contributed by atoms with Crippen molar-refractivity contribution in [2.45, 2.75) is 38.3 Å². The number of carbonyl (C=O) groups excluding carboxylic acids is 1. The van der Waals surface area contributed by atoms with Gasteiger partial charge in [-0.2, -0.15) is 0 Å². The number of likely N-dealkylation sites (tertiary alicyclic amines) is 1. The van der Waals surface area contributed by atoms with Gasteiger partial charge in [-0.3, -0.25) is 4.79 Å². The molecule has 0 radical (unpaired) electrons. The Morgan fingerprint density at radius 2 is 2.00 bits per heavy atom. The lowest BCUT2D eigenvalue weighted by Gasteiger charge is -2.32. The third kappa shape index (κ3) is 3.84. The van der Waals surface area contributed by atoms with Crippen LogP contribution in [0.25, 0.3) is 0 Å². The Kier molecular flexibility index (Phi) is 4.33. The molecule has 0 bridgehead atoms. The summed E-state index contributed by atoms with van der Waals surface area (Å²) in [6.07, 6.45) is 3.44. The monoisotopic (exact) mass is 338 g/mol. The van der Waals surface area contributed by atoms with Gasteiger partial charge in [0, 0.05) is 31.1 Å². The lowest BCUT2D eigenvalue weighted by molar-refractivity contribution is 0.0711. The third-order valence-corrected chi connectivity index (χ3v) is 5.07. The molecular formula is C16H22N2O4S. The minimum Gasteiger partial charge on any atom is -0.490 e. The summed E-state index contributed by atoms with van der Waals surface area (Å²) in [6.45, 7) is 3.15. The van der Waals surface area contributed by atoms with Gasteiger partial charge in [-0.1, -0.05) is 0 Å². The van der Waals surface area contributed by atoms with E-state index in [0.29, 0.717) is 31.5 Å². The van der Waals surface area contributed by atoms with Crippen molar-refractivity contribution < 1.29 is 17.9 Å². The van der Waals surface area contributed by atoms with E-state index in [1.807, 2.05) is 19.1 Å². The molecule has 0 aromatic heterocycles. The number of nitrogens with one attached hydrogen (secondary N) is 1. The molecule has 1 amide bonds. The van der Waals surface area contributed by atoms with Gasteiger partial charge in [0.15, 0.2) is 0 Å². The maximum atomic E-state index is 12.6. The Morgan fingerprint density at radius 3 is 2.65 bits per heavy atom. The first-order valence-corrected chi connectivity index (χ1v) is 9.77. The smallest absolute Gasteiger partial charge is 0.253 e. The molecule has 2 heterocycles. The summed E-state index contributed by atoms with van der Waals surface area (Å²) in [7, 11) is -3.19. The molecule has 1 aromatic carbocycles. The van der Waals surface area contributed by atoms with Crippen molar-refractivity contribution in [1.82, 2.24) is 9.62 Å². The molecule has 1 saturated heterocycles. The number of rotatable bonds is 3. The van der Waals surface area contributed by atoms with Crippen LogP contribution in [0.4, 0.5) is 0 Å². The summed E-state index contributed by atoms with van der Waals surface area (Å²) < 4.78 is 30.8. The predicted molar refractivity (Wildman–Crippen MR) is 87.1 cm³/mol. The van der Waals surface area contributed by atoms with Crippen LogP contribution < -0.4 is 9.46 Å². The fraction of sp³-hybridized carbons (Fsp3) is 0.562. The zero-order valence-electron chi connectivity index (χ0n) is 13.4. The minimum absolute atomic E-state index is 0.00478. The van der Waals surface area contributed by atoms with E-state index < -0.39 is 10.0 Å². The van der Waals surface area contributed by atoms with Gasteiger partial charge in [-0.05, 0) is 43.5 Å². The van der Waals surface area contributed by atoms with Crippen LogP contribution >= 0.6 is 0 Å². The van der Waals surface area contributed by atoms with E-state index in [1.54, 1.807) is 11.0 Å². The molecule has 126 valence electrons. The second kappa shape index (κ2) is 6.13. The Balaban J connectivity index is 1.63. The summed E-state index contributed by atoms with van der Waals surface area (Å²) in [4.78, 5) is 14.4. The Bertz CT molecular complexity index is 709. The van der Waals surface area contributed by atoms with Crippen LogP contribution in [0.1, 0.15) is 35.7 Å². The molecular weight excluding hydrogens is 316 g/mol. The Labute approximate surface area is 136 Å². The normalized spacial score (nSPS) is 21.8. The first-order valence-electron chi connectivity index (χ1n) is 7.88. The van der Waals surface area contributed by atoms with Gasteiger partial charge in [0.2, 0.25) is 10.0 Å². The van der Waals surface area contributed by atoms with Crippen LogP contribution in [0.2, 0.25) is 0 Å². The van der Waals surface area contributed by atoms with Crippen molar-refractivity contribution in [3.63, 3.8) is 0 Å². The molecule has 6 nitrogen and oxygen atoms in total. The first kappa shape index (κ1) is 16.3. The number of ether oxygens (including phenoxy) is 1. The summed E-state index contributed by atoms with van der Waals surface area (Å²) in [5.41, 5.74) is 1.76. The van der Waals surface area contributed by atoms with E-state index in [-0.39, 0.29) is 18.1 Å². The van der Waals surface area contributed by atoms with E-state index in [1.165, 1.54) is 0 Å². The van der Waals surface area contributed by atoms with Gasteiger partial charge in [0.1, 0.15) is 11.9 Å². The van der Waals surface area contributed by atoms with Crippen molar-refractivity contribution in [1.29, 1.82) is 0 Å². The number of sulfonamides is 1. The van der Waals surface area contributed by atoms with Crippen molar-refractivity contribution in [3.8, 4) is 5.75 Å². The highest BCUT2D eigenvalue weighted by atomic mass is 32.2. The van der Waals surface area contributed by atoms with Gasteiger partial charge < -0.3 is 9.64 Å². The number of amides is 1. The molecule has 0 saturated carbocycles. The van der Waals surface area contributed by atoms with Crippen LogP contribution in [0.3, 0.4) is 0 Å². The summed E-state index contributed by atoms with van der Waals surface area (Å²) in [5, 5.41) is 0. The second-order valence-corrected chi connectivity index (χ2v) is 8.19. The van der Waals surface area contributed by atoms with E-state index in [0.717, 1.165) is 24.0 Å². The number of nitrogens with zero attached hydrogens (tertiary/aromatic N) is 1. The predicted octanol–water partition coefficient (Wildman–Crippen LogP) is 1.16. The largest absolute Gasteiger partial charge is 0.490 e. The van der Waals surface area contributed by atoms with E-state index in [9.17, 15) is 13.2 Å². The number of benzene rings is 1. The third-order valence-electron chi connectivity index (χ3n) is 4.31. The molecule has 1 fully saturated rings. The molecule has 2 aliphatic heterocycles. The Morgan fingerprint density at radius 1 is 1.30 bits per heavy atom. The Hall–Kier alpha value is -1.60. The lowest BCUT2D eigenvalue weighted by atomic mass is 10.0. The zero-order chi connectivity index (χ0) is 16.6. The van der Waals surface area contributed by atoms with E-state index in [2.05, 4.69) is 4.72 Å². The van der Waals surface area contributed by atoms with Crippen LogP contribution in [0.15, 0.2) is 18.2 Å². The number of hydrogen-bond acceptors (Lipinski definition) is 4. The zero-order valence-corrected chi connectivity index (χ0v) is 14.2. The molecule has 3 rings (SSSR count). The number of piperidine rings is 1. The summed E-state index contributed by atoms with van der Waals surface area (Å²) in [5.74, 6) is 0.871. The second-order valence-electron chi connectivity index (χ2n) is 6.41. The molecule has 2 aliphatic rings. The SMILES string of the molecule is CC1Cc2cc(C(=O)N3CCC(NS(C)(=O)=O)CC3)ccc2O1. The van der Waals surface area contributed by atoms with Crippen molar-refractivity contribution in [3.05, 3.63) is 29.3 Å². The highest BCUT2D eigenvalue weighted by Crippen LogP contribution is 2.30. The highest BCUT2D eigenvalue weighted by molar-refractivity contribution is 7.88. The molecule has 1 aromatic rings. The fourth-order valence-electron chi connectivity index (χ4n) is 3.24. The van der Waals surface area contributed by atoms with Gasteiger partial charge in [-0.25, -0.2) is 13.1 Å². The van der Waals surface area contributed by atoms with Gasteiger partial charge in [0.05, 0.1) is 6.26 Å². The van der Waals surface area contributed by atoms with E-state index in [4.69, 9.17) is 4.74 Å². The molecule has 0 spiro atoms. The lowest BCUT2D eigenvalue weighted by Crippen LogP contribution is -2.46. The van der Waals surface area contributed by atoms with Crippen LogP contribution in [0, 0.1) is 0 Å². The minimum atomic E-state index is -3.19. The average Bonchev–Trinajstić information content (AvgIpc) is 2.84. The first-order chi connectivity index (χ1) is 10.8. The van der Waals surface area contributed by atoms with E-state index >= 15 is 0 Å². The molecule has 1 unspecified atom stereocenters. The van der Waals surface area contributed by atoms with Crippen LogP contribution in [-0.2, 0) is 16.4 Å². The average molecular weight is 338 g/mol. The molecule has 23 heavy (non-hydrogen) atoms. The topological polar surface area (TPSA) is 75.7 Å². The van der Waals surface area contributed by atoms with Crippen molar-refractivity contribution in [2.24, 2.45) is 0 Å². The molecule has 0 aliphatic carbocycles. The van der Waals surface area contributed by atoms with Crippen LogP contribution in [0.5, 0.6) is 5.75 Å². The van der Waals surface area contributed by atoms with Crippen LogP contribution in [-0.4, -0.2) is 50.7 Å². The van der Waals surface area contributed by atoms with Gasteiger partial charge in [-0.15, -0.1) is 0 Å².